The van der Waals surface area contributed by atoms with Gasteiger partial charge in [-0.1, -0.05) is 0 Å². The third-order valence-electron chi connectivity index (χ3n) is 1.67. The van der Waals surface area contributed by atoms with E-state index in [1.807, 2.05) is 30.3 Å². The summed E-state index contributed by atoms with van der Waals surface area (Å²) in [6, 6.07) is 9.80. The fourth-order valence-corrected chi connectivity index (χ4v) is 7.17. The van der Waals surface area contributed by atoms with E-state index in [-0.39, 0.29) is 6.10 Å². The molecule has 0 radical (unpaired) electrons. The molecule has 1 aromatic carbocycles. The molecule has 0 aliphatic rings. The van der Waals surface area contributed by atoms with Gasteiger partial charge in [-0.15, -0.1) is 0 Å². The van der Waals surface area contributed by atoms with Gasteiger partial charge in [0.05, 0.1) is 0 Å². The average molecular weight is 418 g/mol. The van der Waals surface area contributed by atoms with Gasteiger partial charge in [0.25, 0.3) is 0 Å². The Morgan fingerprint density at radius 3 is 2.58 bits per heavy atom. The van der Waals surface area contributed by atoms with Crippen LogP contribution in [0.5, 0.6) is 0 Å². The molecule has 0 aromatic heterocycles. The predicted molar refractivity (Wildman–Crippen MR) is 46.6 cm³/mol. The summed E-state index contributed by atoms with van der Waals surface area (Å²) in [7, 11) is 0. The van der Waals surface area contributed by atoms with Crippen LogP contribution in [-0.2, 0) is 27.0 Å². The first-order valence-electron chi connectivity index (χ1n) is 3.79. The van der Waals surface area contributed by atoms with Gasteiger partial charge in [-0.3, -0.25) is 0 Å². The summed E-state index contributed by atoms with van der Waals surface area (Å²) >= 11 is 2.61. The third-order valence-corrected chi connectivity index (χ3v) is 8.57. The van der Waals surface area contributed by atoms with Crippen molar-refractivity contribution in [3.63, 3.8) is 0 Å². The number of halogens is 1. The predicted octanol–water partition coefficient (Wildman–Crippen LogP) is 3.03. The molecule has 2 nitrogen and oxygen atoms in total. The second kappa shape index (κ2) is 6.08. The van der Waals surface area contributed by atoms with Gasteiger partial charge < -0.3 is 0 Å². The van der Waals surface area contributed by atoms with E-state index in [2.05, 4.69) is 16.8 Å². The van der Waals surface area contributed by atoms with Crippen LogP contribution >= 0.6 is 11.9 Å². The molecule has 0 bridgehead atoms. The minimum absolute atomic E-state index is 0.118. The normalized spacial score (nSPS) is 12.2. The van der Waals surface area contributed by atoms with Crippen LogP contribution in [0.2, 0.25) is 3.93 Å². The van der Waals surface area contributed by atoms with Gasteiger partial charge in [0.15, 0.2) is 0 Å². The van der Waals surface area contributed by atoms with Crippen molar-refractivity contribution in [2.24, 2.45) is 0 Å². The van der Waals surface area contributed by atoms with Crippen LogP contribution in [0.1, 0.15) is 11.7 Å². The molecule has 0 spiro atoms. The molecule has 0 saturated carbocycles. The molecule has 0 heterocycles. The Hall–Kier alpha value is 0.555. The number of rotatable bonds is 4. The Labute approximate surface area is 89.5 Å². The summed E-state index contributed by atoms with van der Waals surface area (Å²) in [6.45, 7) is 0. The first-order chi connectivity index (χ1) is 5.88. The Kier molecular flexibility index (Phi) is 5.39. The Bertz CT molecular complexity index is 218. The van der Waals surface area contributed by atoms with Crippen LogP contribution in [0.4, 0.5) is 0 Å². The van der Waals surface area contributed by atoms with E-state index in [1.54, 1.807) is 0 Å². The summed E-state index contributed by atoms with van der Waals surface area (Å²) < 4.78 is 0.987. The van der Waals surface area contributed by atoms with E-state index < -0.39 is 22.1 Å². The summed E-state index contributed by atoms with van der Waals surface area (Å²) in [5.41, 5.74) is 1.06. The molecular weight excluding hydrogens is 409 g/mol. The van der Waals surface area contributed by atoms with Crippen LogP contribution in [-0.4, -0.2) is 5.26 Å². The molecule has 1 N–H and O–H groups in total. The number of hydrogen-bond donors (Lipinski definition) is 1. The monoisotopic (exact) mass is 418 g/mol. The van der Waals surface area contributed by atoms with Crippen molar-refractivity contribution in [1.29, 1.82) is 0 Å². The summed E-state index contributed by atoms with van der Waals surface area (Å²) in [6.07, 6.45) is -0.118. The quantitative estimate of drug-likeness (QED) is 0.464. The van der Waals surface area contributed by atoms with Crippen LogP contribution < -0.4 is 0 Å². The molecule has 0 aliphatic carbocycles. The van der Waals surface area contributed by atoms with Gasteiger partial charge in [-0.2, -0.15) is 0 Å². The minimum atomic E-state index is -0.905. The SMILES string of the molecule is OOC([CH2][Hg][Br])c1ccccc1. The third kappa shape index (κ3) is 3.13. The van der Waals surface area contributed by atoms with Crippen LogP contribution in [0.15, 0.2) is 30.3 Å². The fraction of sp³-hybridized carbons (Fsp3) is 0.250. The molecule has 1 aromatic rings. The van der Waals surface area contributed by atoms with Gasteiger partial charge in [0.1, 0.15) is 0 Å². The van der Waals surface area contributed by atoms with Crippen molar-refractivity contribution >= 4 is 11.9 Å². The molecule has 0 fully saturated rings. The summed E-state index contributed by atoms with van der Waals surface area (Å²) in [4.78, 5) is 4.40. The van der Waals surface area contributed by atoms with Crippen molar-refractivity contribution in [3.8, 4) is 0 Å². The molecule has 12 heavy (non-hydrogen) atoms. The first-order valence-corrected chi connectivity index (χ1v) is 19.6. The van der Waals surface area contributed by atoms with E-state index in [4.69, 9.17) is 5.26 Å². The Morgan fingerprint density at radius 1 is 1.42 bits per heavy atom. The van der Waals surface area contributed by atoms with E-state index in [1.165, 1.54) is 0 Å². The van der Waals surface area contributed by atoms with Gasteiger partial charge >= 0.3 is 90.1 Å². The zero-order chi connectivity index (χ0) is 8.81. The van der Waals surface area contributed by atoms with Crippen molar-refractivity contribution in [2.45, 2.75) is 10.0 Å². The molecule has 0 saturated heterocycles. The maximum atomic E-state index is 8.63. The van der Waals surface area contributed by atoms with Crippen molar-refractivity contribution in [1.82, 2.24) is 0 Å². The number of hydrogen-bond acceptors (Lipinski definition) is 2. The van der Waals surface area contributed by atoms with E-state index >= 15 is 0 Å². The molecule has 0 amide bonds. The Morgan fingerprint density at radius 2 is 2.08 bits per heavy atom. The maximum absolute atomic E-state index is 8.63. The van der Waals surface area contributed by atoms with Crippen LogP contribution in [0, 0.1) is 0 Å². The zero-order valence-corrected chi connectivity index (χ0v) is 13.7. The van der Waals surface area contributed by atoms with E-state index in [0.717, 1.165) is 9.49 Å². The van der Waals surface area contributed by atoms with Gasteiger partial charge in [-0.05, 0) is 0 Å². The first kappa shape index (κ1) is 10.6. The molecule has 62 valence electrons. The average Bonchev–Trinajstić information content (AvgIpc) is 2.15. The van der Waals surface area contributed by atoms with Crippen molar-refractivity contribution in [2.75, 3.05) is 0 Å². The van der Waals surface area contributed by atoms with Crippen LogP contribution in [0.3, 0.4) is 0 Å². The number of benzene rings is 1. The topological polar surface area (TPSA) is 29.5 Å². The zero-order valence-electron chi connectivity index (χ0n) is 6.61. The van der Waals surface area contributed by atoms with E-state index in [9.17, 15) is 0 Å². The molecular formula is C8H9BrHgO2. The van der Waals surface area contributed by atoms with Crippen LogP contribution in [0.25, 0.3) is 0 Å². The second-order valence-corrected chi connectivity index (χ2v) is 13.2. The summed E-state index contributed by atoms with van der Waals surface area (Å²) in [5, 5.41) is 8.63. The second-order valence-electron chi connectivity index (χ2n) is 2.48. The fourth-order valence-electron chi connectivity index (χ4n) is 1.05. The standard InChI is InChI=1S/C8H9O2.BrH.Hg/c1-7(10-9)8-5-3-2-4-6-8;;/h2-7,9H,1H2;1H;/q;;+1/p-1. The van der Waals surface area contributed by atoms with Crippen molar-refractivity contribution in [3.05, 3.63) is 35.9 Å². The Balaban J connectivity index is 2.66. The molecule has 4 heteroatoms. The molecule has 0 aliphatic heterocycles. The van der Waals surface area contributed by atoms with Gasteiger partial charge in [0, 0.05) is 0 Å². The summed E-state index contributed by atoms with van der Waals surface area (Å²) in [5.74, 6) is 0. The van der Waals surface area contributed by atoms with Crippen molar-refractivity contribution < 1.29 is 32.3 Å². The molecule has 1 rings (SSSR count). The van der Waals surface area contributed by atoms with E-state index in [0.29, 0.717) is 0 Å². The molecule has 1 atom stereocenters. The van der Waals surface area contributed by atoms with Gasteiger partial charge in [-0.25, -0.2) is 0 Å². The molecule has 1 unspecified atom stereocenters. The van der Waals surface area contributed by atoms with Gasteiger partial charge in [0.2, 0.25) is 0 Å².